The lowest BCUT2D eigenvalue weighted by molar-refractivity contribution is 0.173. The smallest absolute Gasteiger partial charge is 0.188 e. The minimum absolute atomic E-state index is 0.289. The van der Waals surface area contributed by atoms with E-state index in [4.69, 9.17) is 11.6 Å². The molecule has 6 heteroatoms. The van der Waals surface area contributed by atoms with Gasteiger partial charge in [-0.1, -0.05) is 0 Å². The lowest BCUT2D eigenvalue weighted by Gasteiger charge is -2.32. The first kappa shape index (κ1) is 11.8. The quantitative estimate of drug-likeness (QED) is 0.745. The molecule has 1 aromatic heterocycles. The van der Waals surface area contributed by atoms with Crippen LogP contribution in [0.15, 0.2) is 0 Å². The molecule has 0 bridgehead atoms. The number of rotatable bonds is 3. The van der Waals surface area contributed by atoms with Gasteiger partial charge < -0.3 is 0 Å². The summed E-state index contributed by atoms with van der Waals surface area (Å²) in [7, 11) is 1.79. The highest BCUT2D eigenvalue weighted by Crippen LogP contribution is 2.24. The molecule has 1 fully saturated rings. The van der Waals surface area contributed by atoms with E-state index in [1.165, 1.54) is 17.6 Å². The average molecular weight is 244 g/mol. The lowest BCUT2D eigenvalue weighted by atomic mass is 9.94. The van der Waals surface area contributed by atoms with Crippen molar-refractivity contribution in [2.24, 2.45) is 13.0 Å². The number of likely N-dealkylation sites (tertiary alicyclic amines) is 1. The van der Waals surface area contributed by atoms with Gasteiger partial charge in [0.15, 0.2) is 5.82 Å². The summed E-state index contributed by atoms with van der Waals surface area (Å²) in [6.45, 7) is 5.06. The molecule has 1 aliphatic rings. The maximum atomic E-state index is 6.11. The second-order valence-corrected chi connectivity index (χ2v) is 5.17. The number of nitrogens with zero attached hydrogens (tertiary/aromatic N) is 5. The molecule has 2 heterocycles. The molecule has 0 aliphatic carbocycles. The zero-order valence-corrected chi connectivity index (χ0v) is 10.6. The maximum Gasteiger partial charge on any atom is 0.188 e. The number of hydrogen-bond donors (Lipinski definition) is 0. The molecule has 0 radical (unpaired) electrons. The molecule has 2 rings (SSSR count). The van der Waals surface area contributed by atoms with Crippen molar-refractivity contribution in [3.05, 3.63) is 5.82 Å². The standard InChI is InChI=1S/C10H18ClN5/c1-8(11)9-3-5-16(6-4-9)7-10-12-14-15(2)13-10/h8-9H,3-7H2,1-2H3. The third kappa shape index (κ3) is 2.92. The number of alkyl halides is 1. The van der Waals surface area contributed by atoms with E-state index in [-0.39, 0.29) is 5.38 Å². The normalized spacial score (nSPS) is 21.2. The van der Waals surface area contributed by atoms with Crippen LogP contribution in [0, 0.1) is 5.92 Å². The van der Waals surface area contributed by atoms with Crippen molar-refractivity contribution < 1.29 is 0 Å². The van der Waals surface area contributed by atoms with E-state index < -0.39 is 0 Å². The largest absolute Gasteiger partial charge is 0.296 e. The van der Waals surface area contributed by atoms with E-state index >= 15 is 0 Å². The van der Waals surface area contributed by atoms with E-state index in [1.54, 1.807) is 7.05 Å². The summed E-state index contributed by atoms with van der Waals surface area (Å²) in [5.74, 6) is 1.47. The summed E-state index contributed by atoms with van der Waals surface area (Å²) < 4.78 is 0. The summed E-state index contributed by atoms with van der Waals surface area (Å²) >= 11 is 6.11. The van der Waals surface area contributed by atoms with Crippen LogP contribution >= 0.6 is 11.6 Å². The van der Waals surface area contributed by atoms with Crippen LogP contribution in [0.25, 0.3) is 0 Å². The Bertz CT molecular complexity index is 330. The molecule has 0 saturated carbocycles. The van der Waals surface area contributed by atoms with E-state index in [0.29, 0.717) is 5.92 Å². The summed E-state index contributed by atoms with van der Waals surface area (Å²) in [6, 6.07) is 0. The molecule has 1 aliphatic heterocycles. The molecule has 5 nitrogen and oxygen atoms in total. The van der Waals surface area contributed by atoms with Gasteiger partial charge in [0.2, 0.25) is 0 Å². The summed E-state index contributed by atoms with van der Waals surface area (Å²) in [5, 5.41) is 12.3. The van der Waals surface area contributed by atoms with Gasteiger partial charge in [0.1, 0.15) is 0 Å². The van der Waals surface area contributed by atoms with Crippen LogP contribution < -0.4 is 0 Å². The minimum Gasteiger partial charge on any atom is -0.296 e. The molecule has 1 saturated heterocycles. The molecule has 0 N–H and O–H groups in total. The monoisotopic (exact) mass is 243 g/mol. The predicted octanol–water partition coefficient (Wildman–Crippen LogP) is 1.05. The number of halogens is 1. The van der Waals surface area contributed by atoms with E-state index in [0.717, 1.165) is 25.5 Å². The minimum atomic E-state index is 0.289. The fraction of sp³-hybridized carbons (Fsp3) is 0.900. The number of aryl methyl sites for hydroxylation is 1. The van der Waals surface area contributed by atoms with Gasteiger partial charge in [-0.3, -0.25) is 4.90 Å². The Morgan fingerprint density at radius 2 is 2.12 bits per heavy atom. The number of hydrogen-bond acceptors (Lipinski definition) is 4. The van der Waals surface area contributed by atoms with Crippen LogP contribution in [0.3, 0.4) is 0 Å². The van der Waals surface area contributed by atoms with E-state index in [2.05, 4.69) is 27.2 Å². The van der Waals surface area contributed by atoms with Crippen LogP contribution in [0.2, 0.25) is 0 Å². The zero-order chi connectivity index (χ0) is 11.5. The lowest BCUT2D eigenvalue weighted by Crippen LogP contribution is -2.35. The number of piperidine rings is 1. The van der Waals surface area contributed by atoms with Crippen LogP contribution in [0.4, 0.5) is 0 Å². The second kappa shape index (κ2) is 5.10. The van der Waals surface area contributed by atoms with Crippen molar-refractivity contribution in [2.45, 2.75) is 31.7 Å². The highest BCUT2D eigenvalue weighted by Gasteiger charge is 2.23. The molecule has 1 aromatic rings. The van der Waals surface area contributed by atoms with Gasteiger partial charge in [0.25, 0.3) is 0 Å². The van der Waals surface area contributed by atoms with Crippen LogP contribution in [0.1, 0.15) is 25.6 Å². The second-order valence-electron chi connectivity index (χ2n) is 4.49. The first-order valence-electron chi connectivity index (χ1n) is 5.74. The number of aromatic nitrogens is 4. The molecule has 0 spiro atoms. The van der Waals surface area contributed by atoms with Crippen LogP contribution in [0.5, 0.6) is 0 Å². The van der Waals surface area contributed by atoms with Crippen molar-refractivity contribution in [2.75, 3.05) is 13.1 Å². The third-order valence-corrected chi connectivity index (χ3v) is 3.55. The SMILES string of the molecule is CC(Cl)C1CCN(Cc2nnn(C)n2)CC1. The van der Waals surface area contributed by atoms with Gasteiger partial charge in [-0.15, -0.1) is 21.8 Å². The summed E-state index contributed by atoms with van der Waals surface area (Å²) in [4.78, 5) is 3.87. The van der Waals surface area contributed by atoms with E-state index in [9.17, 15) is 0 Å². The van der Waals surface area contributed by atoms with Crippen molar-refractivity contribution in [1.29, 1.82) is 0 Å². The Balaban J connectivity index is 1.81. The summed E-state index contributed by atoms with van der Waals surface area (Å²) in [5.41, 5.74) is 0. The molecular formula is C10H18ClN5. The predicted molar refractivity (Wildman–Crippen MR) is 62.1 cm³/mol. The first-order valence-corrected chi connectivity index (χ1v) is 6.18. The maximum absolute atomic E-state index is 6.11. The van der Waals surface area contributed by atoms with Gasteiger partial charge in [0.05, 0.1) is 13.6 Å². The van der Waals surface area contributed by atoms with Gasteiger partial charge in [0, 0.05) is 5.38 Å². The Morgan fingerprint density at radius 1 is 1.44 bits per heavy atom. The van der Waals surface area contributed by atoms with Gasteiger partial charge in [-0.2, -0.15) is 4.80 Å². The van der Waals surface area contributed by atoms with Gasteiger partial charge >= 0.3 is 0 Å². The highest BCUT2D eigenvalue weighted by atomic mass is 35.5. The Morgan fingerprint density at radius 3 is 2.62 bits per heavy atom. The Kier molecular flexibility index (Phi) is 3.76. The summed E-state index contributed by atoms with van der Waals surface area (Å²) in [6.07, 6.45) is 2.34. The molecule has 1 atom stereocenters. The molecule has 0 aromatic carbocycles. The van der Waals surface area contributed by atoms with Crippen molar-refractivity contribution in [1.82, 2.24) is 25.1 Å². The third-order valence-electron chi connectivity index (χ3n) is 3.20. The Hall–Kier alpha value is -0.680. The first-order chi connectivity index (χ1) is 7.65. The molecular weight excluding hydrogens is 226 g/mol. The highest BCUT2D eigenvalue weighted by molar-refractivity contribution is 6.20. The van der Waals surface area contributed by atoms with Gasteiger partial charge in [-0.05, 0) is 44.0 Å². The molecule has 0 amide bonds. The van der Waals surface area contributed by atoms with Crippen molar-refractivity contribution >= 4 is 11.6 Å². The Labute approximate surface area is 101 Å². The van der Waals surface area contributed by atoms with Crippen molar-refractivity contribution in [3.63, 3.8) is 0 Å². The molecule has 1 unspecified atom stereocenters. The fourth-order valence-corrected chi connectivity index (χ4v) is 2.41. The molecule has 16 heavy (non-hydrogen) atoms. The fourth-order valence-electron chi connectivity index (χ4n) is 2.16. The molecule has 90 valence electrons. The topological polar surface area (TPSA) is 46.8 Å². The van der Waals surface area contributed by atoms with E-state index in [1.807, 2.05) is 0 Å². The van der Waals surface area contributed by atoms with Crippen LogP contribution in [-0.4, -0.2) is 43.6 Å². The zero-order valence-electron chi connectivity index (χ0n) is 9.80. The van der Waals surface area contributed by atoms with Crippen molar-refractivity contribution in [3.8, 4) is 0 Å². The van der Waals surface area contributed by atoms with Gasteiger partial charge in [-0.25, -0.2) is 0 Å². The number of tetrazole rings is 1. The van der Waals surface area contributed by atoms with Crippen LogP contribution in [-0.2, 0) is 13.6 Å². The average Bonchev–Trinajstić information content (AvgIpc) is 2.65.